The third-order valence-corrected chi connectivity index (χ3v) is 5.36. The molecule has 1 aromatic rings. The van der Waals surface area contributed by atoms with Gasteiger partial charge in [0.1, 0.15) is 5.82 Å². The van der Waals surface area contributed by atoms with Gasteiger partial charge in [0, 0.05) is 4.47 Å². The summed E-state index contributed by atoms with van der Waals surface area (Å²) in [6.45, 7) is 6.52. The lowest BCUT2D eigenvalue weighted by atomic mass is 9.70. The molecule has 3 unspecified atom stereocenters. The minimum Gasteiger partial charge on any atom is -0.316 e. The minimum atomic E-state index is -0.0413. The molecule has 3 heteroatoms. The Bertz CT molecular complexity index is 447. The fraction of sp³-hybridized carbons (Fsp3) is 0.667. The van der Waals surface area contributed by atoms with E-state index in [0.717, 1.165) is 41.9 Å². The predicted octanol–water partition coefficient (Wildman–Crippen LogP) is 5.50. The van der Waals surface area contributed by atoms with E-state index in [9.17, 15) is 4.39 Å². The topological polar surface area (TPSA) is 12.0 Å². The van der Waals surface area contributed by atoms with Crippen LogP contribution in [0.1, 0.15) is 57.4 Å². The smallest absolute Gasteiger partial charge is 0.126 e. The summed E-state index contributed by atoms with van der Waals surface area (Å²) in [4.78, 5) is 0. The molecule has 0 saturated heterocycles. The molecule has 0 radical (unpaired) electrons. The predicted molar refractivity (Wildman–Crippen MR) is 91.1 cm³/mol. The van der Waals surface area contributed by atoms with Crippen LogP contribution >= 0.6 is 15.9 Å². The molecular weight excluding hydrogens is 329 g/mol. The normalized spacial score (nSPS) is 26.0. The van der Waals surface area contributed by atoms with Crippen molar-refractivity contribution in [1.82, 2.24) is 5.32 Å². The van der Waals surface area contributed by atoms with Crippen molar-refractivity contribution in [3.63, 3.8) is 0 Å². The SMILES string of the molecule is CCCNCC1CCC(CC)CC1c1cc(Br)ccc1F. The van der Waals surface area contributed by atoms with Crippen LogP contribution in [0, 0.1) is 17.7 Å². The van der Waals surface area contributed by atoms with Crippen molar-refractivity contribution in [3.05, 3.63) is 34.1 Å². The molecular formula is C18H27BrFN. The van der Waals surface area contributed by atoms with Gasteiger partial charge in [-0.1, -0.05) is 42.6 Å². The van der Waals surface area contributed by atoms with E-state index in [1.54, 1.807) is 12.1 Å². The monoisotopic (exact) mass is 355 g/mol. The molecule has 0 aromatic heterocycles. The molecule has 1 nitrogen and oxygen atoms in total. The van der Waals surface area contributed by atoms with Crippen molar-refractivity contribution < 1.29 is 4.39 Å². The van der Waals surface area contributed by atoms with E-state index < -0.39 is 0 Å². The maximum absolute atomic E-state index is 14.3. The van der Waals surface area contributed by atoms with Crippen LogP contribution in [-0.4, -0.2) is 13.1 Å². The van der Waals surface area contributed by atoms with E-state index in [0.29, 0.717) is 11.8 Å². The Morgan fingerprint density at radius 2 is 2.10 bits per heavy atom. The fourth-order valence-corrected chi connectivity index (χ4v) is 3.96. The van der Waals surface area contributed by atoms with Crippen LogP contribution in [0.4, 0.5) is 4.39 Å². The highest BCUT2D eigenvalue weighted by molar-refractivity contribution is 9.10. The molecule has 1 aliphatic rings. The first-order valence-corrected chi connectivity index (χ1v) is 9.10. The maximum atomic E-state index is 14.3. The van der Waals surface area contributed by atoms with Crippen LogP contribution in [0.3, 0.4) is 0 Å². The van der Waals surface area contributed by atoms with Crippen molar-refractivity contribution in [2.45, 2.75) is 51.9 Å². The molecule has 0 aliphatic heterocycles. The molecule has 0 bridgehead atoms. The number of hydrogen-bond acceptors (Lipinski definition) is 1. The zero-order valence-corrected chi connectivity index (χ0v) is 14.8. The average Bonchev–Trinajstić information content (AvgIpc) is 2.50. The molecule has 0 amide bonds. The van der Waals surface area contributed by atoms with Crippen molar-refractivity contribution >= 4 is 15.9 Å². The van der Waals surface area contributed by atoms with Crippen molar-refractivity contribution in [2.24, 2.45) is 11.8 Å². The Balaban J connectivity index is 2.17. The first-order chi connectivity index (χ1) is 10.2. The van der Waals surface area contributed by atoms with Gasteiger partial charge in [0.05, 0.1) is 0 Å². The second-order valence-electron chi connectivity index (χ2n) is 6.32. The Morgan fingerprint density at radius 3 is 2.81 bits per heavy atom. The van der Waals surface area contributed by atoms with E-state index >= 15 is 0 Å². The Morgan fingerprint density at radius 1 is 1.29 bits per heavy atom. The van der Waals surface area contributed by atoms with Gasteiger partial charge in [-0.3, -0.25) is 0 Å². The molecule has 2 rings (SSSR count). The van der Waals surface area contributed by atoms with Gasteiger partial charge in [-0.25, -0.2) is 4.39 Å². The molecule has 1 aromatic carbocycles. The third-order valence-electron chi connectivity index (χ3n) is 4.87. The molecule has 1 aliphatic carbocycles. The second kappa shape index (κ2) is 8.28. The van der Waals surface area contributed by atoms with E-state index in [2.05, 4.69) is 35.1 Å². The Labute approximate surface area is 136 Å². The van der Waals surface area contributed by atoms with Crippen molar-refractivity contribution in [3.8, 4) is 0 Å². The van der Waals surface area contributed by atoms with Gasteiger partial charge in [-0.15, -0.1) is 0 Å². The summed E-state index contributed by atoms with van der Waals surface area (Å²) >= 11 is 3.50. The van der Waals surface area contributed by atoms with Gasteiger partial charge < -0.3 is 5.32 Å². The molecule has 1 saturated carbocycles. The summed E-state index contributed by atoms with van der Waals surface area (Å²) in [5.74, 6) is 1.62. The van der Waals surface area contributed by atoms with E-state index in [1.165, 1.54) is 19.3 Å². The molecule has 0 heterocycles. The number of nitrogens with one attached hydrogen (secondary N) is 1. The van der Waals surface area contributed by atoms with Crippen molar-refractivity contribution in [2.75, 3.05) is 13.1 Å². The van der Waals surface area contributed by atoms with Crippen LogP contribution < -0.4 is 5.32 Å². The summed E-state index contributed by atoms with van der Waals surface area (Å²) in [5.41, 5.74) is 0.908. The Kier molecular flexibility index (Phi) is 6.69. The standard InChI is InChI=1S/C18H27BrFN/c1-3-9-21-12-14-6-5-13(4-2)10-16(14)17-11-15(19)7-8-18(17)20/h7-8,11,13-14,16,21H,3-6,9-10,12H2,1-2H3. The van der Waals surface area contributed by atoms with Gasteiger partial charge in [-0.2, -0.15) is 0 Å². The molecule has 21 heavy (non-hydrogen) atoms. The van der Waals surface area contributed by atoms with Gasteiger partial charge in [-0.05, 0) is 73.9 Å². The molecule has 1 N–H and O–H groups in total. The van der Waals surface area contributed by atoms with E-state index in [-0.39, 0.29) is 5.82 Å². The number of rotatable bonds is 6. The minimum absolute atomic E-state index is 0.0413. The zero-order valence-electron chi connectivity index (χ0n) is 13.2. The number of benzene rings is 1. The first kappa shape index (κ1) is 17.0. The molecule has 0 spiro atoms. The van der Waals surface area contributed by atoms with Gasteiger partial charge >= 0.3 is 0 Å². The Hall–Kier alpha value is -0.410. The van der Waals surface area contributed by atoms with Crippen LogP contribution in [0.5, 0.6) is 0 Å². The summed E-state index contributed by atoms with van der Waals surface area (Å²) in [7, 11) is 0. The van der Waals surface area contributed by atoms with Crippen LogP contribution in [0.15, 0.2) is 22.7 Å². The largest absolute Gasteiger partial charge is 0.316 e. The highest BCUT2D eigenvalue weighted by Gasteiger charge is 2.32. The van der Waals surface area contributed by atoms with Crippen LogP contribution in [-0.2, 0) is 0 Å². The van der Waals surface area contributed by atoms with Crippen molar-refractivity contribution in [1.29, 1.82) is 0 Å². The quantitative estimate of drug-likeness (QED) is 0.664. The first-order valence-electron chi connectivity index (χ1n) is 8.31. The third kappa shape index (κ3) is 4.53. The zero-order chi connectivity index (χ0) is 15.2. The van der Waals surface area contributed by atoms with Crippen LogP contribution in [0.25, 0.3) is 0 Å². The summed E-state index contributed by atoms with van der Waals surface area (Å²) < 4.78 is 15.3. The van der Waals surface area contributed by atoms with E-state index in [1.807, 2.05) is 6.07 Å². The lowest BCUT2D eigenvalue weighted by molar-refractivity contribution is 0.222. The van der Waals surface area contributed by atoms with Gasteiger partial charge in [0.25, 0.3) is 0 Å². The summed E-state index contributed by atoms with van der Waals surface area (Å²) in [5, 5.41) is 3.54. The number of halogens is 2. The van der Waals surface area contributed by atoms with Crippen LogP contribution in [0.2, 0.25) is 0 Å². The molecule has 118 valence electrons. The van der Waals surface area contributed by atoms with Gasteiger partial charge in [0.15, 0.2) is 0 Å². The average molecular weight is 356 g/mol. The maximum Gasteiger partial charge on any atom is 0.126 e. The number of hydrogen-bond donors (Lipinski definition) is 1. The lowest BCUT2D eigenvalue weighted by Gasteiger charge is -2.36. The second-order valence-corrected chi connectivity index (χ2v) is 7.24. The molecule has 3 atom stereocenters. The summed E-state index contributed by atoms with van der Waals surface area (Å²) in [6.07, 6.45) is 6.00. The van der Waals surface area contributed by atoms with E-state index in [4.69, 9.17) is 0 Å². The fourth-order valence-electron chi connectivity index (χ4n) is 3.58. The lowest BCUT2D eigenvalue weighted by Crippen LogP contribution is -2.32. The highest BCUT2D eigenvalue weighted by atomic mass is 79.9. The highest BCUT2D eigenvalue weighted by Crippen LogP contribution is 2.42. The van der Waals surface area contributed by atoms with Gasteiger partial charge in [0.2, 0.25) is 0 Å². The molecule has 1 fully saturated rings. The summed E-state index contributed by atoms with van der Waals surface area (Å²) in [6, 6.07) is 5.39.